The lowest BCUT2D eigenvalue weighted by molar-refractivity contribution is 0.437. The first-order chi connectivity index (χ1) is 6.61. The van der Waals surface area contributed by atoms with Crippen molar-refractivity contribution in [2.24, 2.45) is 0 Å². The van der Waals surface area contributed by atoms with E-state index < -0.39 is 0 Å². The molecule has 0 fully saturated rings. The van der Waals surface area contributed by atoms with Gasteiger partial charge in [-0.1, -0.05) is 0 Å². The molecule has 14 heavy (non-hydrogen) atoms. The van der Waals surface area contributed by atoms with Crippen molar-refractivity contribution < 1.29 is 0 Å². The van der Waals surface area contributed by atoms with Crippen LogP contribution in [0.25, 0.3) is 0 Å². The summed E-state index contributed by atoms with van der Waals surface area (Å²) in [5.41, 5.74) is 7.82. The minimum absolute atomic E-state index is 0.816. The fraction of sp³-hybridized carbons (Fsp3) is 0.500. The molecule has 78 valence electrons. The van der Waals surface area contributed by atoms with Gasteiger partial charge in [0.2, 0.25) is 0 Å². The zero-order valence-electron chi connectivity index (χ0n) is 8.95. The molecule has 0 aliphatic carbocycles. The fourth-order valence-corrected chi connectivity index (χ4v) is 2.09. The van der Waals surface area contributed by atoms with Crippen molar-refractivity contribution >= 4 is 17.4 Å². The Morgan fingerprint density at radius 2 is 2.21 bits per heavy atom. The molecule has 4 heteroatoms. The molecule has 0 radical (unpaired) electrons. The summed E-state index contributed by atoms with van der Waals surface area (Å²) in [6.07, 6.45) is 1.81. The molecule has 2 N–H and O–H groups in total. The summed E-state index contributed by atoms with van der Waals surface area (Å²) < 4.78 is 0. The van der Waals surface area contributed by atoms with E-state index in [0.717, 1.165) is 28.6 Å². The van der Waals surface area contributed by atoms with Crippen LogP contribution in [-0.2, 0) is 0 Å². The van der Waals surface area contributed by atoms with E-state index in [1.165, 1.54) is 0 Å². The molecular formula is C10H17N3S. The Hall–Kier alpha value is -0.740. The minimum atomic E-state index is 0.816. The van der Waals surface area contributed by atoms with Crippen LogP contribution in [0.5, 0.6) is 0 Å². The summed E-state index contributed by atoms with van der Waals surface area (Å²) in [4.78, 5) is 6.41. The van der Waals surface area contributed by atoms with Gasteiger partial charge in [0, 0.05) is 18.5 Å². The number of hydrogen-bond donors (Lipinski definition) is 1. The molecule has 0 saturated heterocycles. The van der Waals surface area contributed by atoms with E-state index in [4.69, 9.17) is 5.73 Å². The predicted octanol–water partition coefficient (Wildman–Crippen LogP) is 1.63. The van der Waals surface area contributed by atoms with Crippen LogP contribution in [0, 0.1) is 6.92 Å². The first-order valence-electron chi connectivity index (χ1n) is 4.60. The third kappa shape index (κ3) is 3.20. The third-order valence-electron chi connectivity index (χ3n) is 1.95. The molecule has 0 unspecified atom stereocenters. The molecule has 0 bridgehead atoms. The first-order valence-corrected chi connectivity index (χ1v) is 5.58. The number of nitrogens with zero attached hydrogens (tertiary/aromatic N) is 2. The van der Waals surface area contributed by atoms with E-state index in [0.29, 0.717) is 0 Å². The highest BCUT2D eigenvalue weighted by atomic mass is 32.2. The van der Waals surface area contributed by atoms with E-state index in [-0.39, 0.29) is 0 Å². The maximum absolute atomic E-state index is 5.90. The van der Waals surface area contributed by atoms with Gasteiger partial charge in [0.05, 0.1) is 5.69 Å². The van der Waals surface area contributed by atoms with Gasteiger partial charge in [0.25, 0.3) is 0 Å². The third-order valence-corrected chi connectivity index (χ3v) is 2.93. The number of nitrogens with two attached hydrogens (primary N) is 1. The monoisotopic (exact) mass is 211 g/mol. The zero-order chi connectivity index (χ0) is 10.6. The molecular weight excluding hydrogens is 194 g/mol. The Bertz CT molecular complexity index is 299. The minimum Gasteiger partial charge on any atom is -0.396 e. The van der Waals surface area contributed by atoms with E-state index in [1.807, 2.05) is 19.2 Å². The lowest BCUT2D eigenvalue weighted by Gasteiger charge is -2.10. The highest BCUT2D eigenvalue weighted by Crippen LogP contribution is 2.24. The molecule has 0 aromatic carbocycles. The Kier molecular flexibility index (Phi) is 4.22. The number of aryl methyl sites for hydroxylation is 1. The van der Waals surface area contributed by atoms with Gasteiger partial charge in [-0.05, 0) is 32.6 Å². The van der Waals surface area contributed by atoms with Crippen molar-refractivity contribution in [3.05, 3.63) is 17.8 Å². The molecule has 0 aliphatic rings. The van der Waals surface area contributed by atoms with Gasteiger partial charge in [0.15, 0.2) is 0 Å². The second kappa shape index (κ2) is 5.22. The average Bonchev–Trinajstić information content (AvgIpc) is 2.12. The number of anilines is 1. The maximum Gasteiger partial charge on any atom is 0.119 e. The topological polar surface area (TPSA) is 42.2 Å². The van der Waals surface area contributed by atoms with Gasteiger partial charge in [0.1, 0.15) is 5.03 Å². The van der Waals surface area contributed by atoms with Crippen LogP contribution in [0.15, 0.2) is 17.3 Å². The second-order valence-electron chi connectivity index (χ2n) is 3.50. The number of hydrogen-bond acceptors (Lipinski definition) is 4. The van der Waals surface area contributed by atoms with Crippen LogP contribution in [-0.4, -0.2) is 36.3 Å². The van der Waals surface area contributed by atoms with Crippen LogP contribution in [0.3, 0.4) is 0 Å². The van der Waals surface area contributed by atoms with Crippen molar-refractivity contribution in [1.82, 2.24) is 9.88 Å². The summed E-state index contributed by atoms with van der Waals surface area (Å²) in [5, 5.41) is 0.951. The largest absolute Gasteiger partial charge is 0.396 e. The SMILES string of the molecule is Cc1ccnc(SCCN(C)C)c1N. The van der Waals surface area contributed by atoms with Crippen molar-refractivity contribution in [3.8, 4) is 0 Å². The smallest absolute Gasteiger partial charge is 0.119 e. The lowest BCUT2D eigenvalue weighted by atomic mass is 10.3. The van der Waals surface area contributed by atoms with Crippen LogP contribution in [0.4, 0.5) is 5.69 Å². The summed E-state index contributed by atoms with van der Waals surface area (Å²) in [5.74, 6) is 1.02. The van der Waals surface area contributed by atoms with Crippen LogP contribution in [0.2, 0.25) is 0 Å². The molecule has 0 amide bonds. The molecule has 0 aliphatic heterocycles. The number of pyridine rings is 1. The van der Waals surface area contributed by atoms with Crippen molar-refractivity contribution in [3.63, 3.8) is 0 Å². The molecule has 1 rings (SSSR count). The van der Waals surface area contributed by atoms with Crippen molar-refractivity contribution in [1.29, 1.82) is 0 Å². The van der Waals surface area contributed by atoms with E-state index in [9.17, 15) is 0 Å². The van der Waals surface area contributed by atoms with Gasteiger partial charge in [-0.2, -0.15) is 0 Å². The maximum atomic E-state index is 5.90. The average molecular weight is 211 g/mol. The Labute approximate surface area is 89.7 Å². The van der Waals surface area contributed by atoms with E-state index in [2.05, 4.69) is 24.0 Å². The van der Waals surface area contributed by atoms with Gasteiger partial charge >= 0.3 is 0 Å². The fourth-order valence-electron chi connectivity index (χ4n) is 0.985. The molecule has 1 aromatic rings. The van der Waals surface area contributed by atoms with Gasteiger partial charge in [-0.3, -0.25) is 0 Å². The number of aromatic nitrogens is 1. The first kappa shape index (κ1) is 11.3. The molecule has 0 spiro atoms. The van der Waals surface area contributed by atoms with Gasteiger partial charge in [-0.25, -0.2) is 4.98 Å². The summed E-state index contributed by atoms with van der Waals surface area (Å²) in [6.45, 7) is 3.05. The lowest BCUT2D eigenvalue weighted by Crippen LogP contribution is -2.15. The standard InChI is InChI=1S/C10H17N3S/c1-8-4-5-12-10(9(8)11)14-7-6-13(2)3/h4-5H,6-7,11H2,1-3H3. The Morgan fingerprint density at radius 3 is 2.86 bits per heavy atom. The number of nitrogen functional groups attached to an aromatic ring is 1. The molecule has 3 nitrogen and oxygen atoms in total. The Morgan fingerprint density at radius 1 is 1.50 bits per heavy atom. The highest BCUT2D eigenvalue weighted by molar-refractivity contribution is 7.99. The quantitative estimate of drug-likeness (QED) is 0.769. The van der Waals surface area contributed by atoms with E-state index >= 15 is 0 Å². The highest BCUT2D eigenvalue weighted by Gasteiger charge is 2.03. The summed E-state index contributed by atoms with van der Waals surface area (Å²) in [7, 11) is 4.13. The summed E-state index contributed by atoms with van der Waals surface area (Å²) >= 11 is 1.71. The van der Waals surface area contributed by atoms with E-state index in [1.54, 1.807) is 11.8 Å². The Balaban J connectivity index is 2.54. The second-order valence-corrected chi connectivity index (χ2v) is 4.58. The zero-order valence-corrected chi connectivity index (χ0v) is 9.77. The molecule has 1 heterocycles. The van der Waals surface area contributed by atoms with Crippen molar-refractivity contribution in [2.75, 3.05) is 32.1 Å². The summed E-state index contributed by atoms with van der Waals surface area (Å²) in [6, 6.07) is 1.94. The predicted molar refractivity (Wildman–Crippen MR) is 62.7 cm³/mol. The van der Waals surface area contributed by atoms with Gasteiger partial charge in [-0.15, -0.1) is 11.8 Å². The number of rotatable bonds is 4. The van der Waals surface area contributed by atoms with Crippen LogP contribution < -0.4 is 5.73 Å². The normalized spacial score (nSPS) is 10.9. The molecule has 0 atom stereocenters. The number of thioether (sulfide) groups is 1. The molecule has 0 saturated carbocycles. The van der Waals surface area contributed by atoms with Crippen molar-refractivity contribution in [2.45, 2.75) is 11.9 Å². The molecule has 1 aromatic heterocycles. The van der Waals surface area contributed by atoms with Crippen LogP contribution in [0.1, 0.15) is 5.56 Å². The van der Waals surface area contributed by atoms with Gasteiger partial charge < -0.3 is 10.6 Å². The van der Waals surface area contributed by atoms with Crippen LogP contribution >= 0.6 is 11.8 Å².